The topological polar surface area (TPSA) is 52.0 Å². The first kappa shape index (κ1) is 7.03. The highest BCUT2D eigenvalue weighted by Crippen LogP contribution is 2.21. The predicted molar refractivity (Wildman–Crippen MR) is 39.0 cm³/mol. The summed E-state index contributed by atoms with van der Waals surface area (Å²) in [6.45, 7) is 0.779. The van der Waals surface area contributed by atoms with Gasteiger partial charge in [-0.25, -0.2) is 0 Å². The molecule has 0 saturated heterocycles. The van der Waals surface area contributed by atoms with Crippen LogP contribution >= 0.6 is 0 Å². The van der Waals surface area contributed by atoms with Crippen molar-refractivity contribution in [3.8, 4) is 0 Å². The summed E-state index contributed by atoms with van der Waals surface area (Å²) in [4.78, 5) is 0. The lowest BCUT2D eigenvalue weighted by atomic mass is 9.85. The molecule has 1 aliphatic rings. The predicted octanol–water partition coefficient (Wildman–Crippen LogP) is 0.463. The summed E-state index contributed by atoms with van der Waals surface area (Å²) < 4.78 is 0. The smallest absolute Gasteiger partial charge is 0.00792 e. The second-order valence-corrected chi connectivity index (χ2v) is 2.94. The van der Waals surface area contributed by atoms with Gasteiger partial charge in [-0.05, 0) is 25.3 Å². The van der Waals surface area contributed by atoms with E-state index in [2.05, 4.69) is 0 Å². The van der Waals surface area contributed by atoms with Crippen molar-refractivity contribution >= 4 is 0 Å². The number of rotatable bonds is 1. The molecule has 54 valence electrons. The molecular weight excluding hydrogens is 112 g/mol. The van der Waals surface area contributed by atoms with Crippen LogP contribution < -0.4 is 11.5 Å². The standard InChI is InChI=1S/C7H16N2/c8-5-6-3-1-2-4-7(6)9/h6-7H,1-5,8-9H2/t6-,7+/m1/s1. The van der Waals surface area contributed by atoms with E-state index < -0.39 is 0 Å². The van der Waals surface area contributed by atoms with Gasteiger partial charge in [-0.3, -0.25) is 0 Å². The molecule has 0 unspecified atom stereocenters. The van der Waals surface area contributed by atoms with Crippen LogP contribution in [-0.2, 0) is 0 Å². The van der Waals surface area contributed by atoms with Crippen LogP contribution in [0.2, 0.25) is 0 Å². The Kier molecular flexibility index (Phi) is 2.49. The van der Waals surface area contributed by atoms with Crippen LogP contribution in [0.15, 0.2) is 0 Å². The third kappa shape index (κ3) is 1.66. The van der Waals surface area contributed by atoms with E-state index in [1.807, 2.05) is 0 Å². The minimum atomic E-state index is 0.392. The average molecular weight is 128 g/mol. The summed E-state index contributed by atoms with van der Waals surface area (Å²) in [5.41, 5.74) is 11.3. The lowest BCUT2D eigenvalue weighted by molar-refractivity contribution is 0.315. The fraction of sp³-hybridized carbons (Fsp3) is 1.00. The molecule has 1 saturated carbocycles. The van der Waals surface area contributed by atoms with Crippen molar-refractivity contribution in [2.24, 2.45) is 17.4 Å². The lowest BCUT2D eigenvalue weighted by Crippen LogP contribution is -2.37. The number of hydrogen-bond acceptors (Lipinski definition) is 2. The average Bonchev–Trinajstić information content (AvgIpc) is 1.89. The molecule has 0 aliphatic heterocycles. The molecule has 2 nitrogen and oxygen atoms in total. The van der Waals surface area contributed by atoms with Gasteiger partial charge in [0.05, 0.1) is 0 Å². The zero-order valence-corrected chi connectivity index (χ0v) is 5.84. The van der Waals surface area contributed by atoms with Gasteiger partial charge in [0.25, 0.3) is 0 Å². The van der Waals surface area contributed by atoms with Gasteiger partial charge in [-0.2, -0.15) is 0 Å². The van der Waals surface area contributed by atoms with E-state index in [0.717, 1.165) is 6.54 Å². The molecule has 0 heterocycles. The van der Waals surface area contributed by atoms with Crippen LogP contribution in [0, 0.1) is 5.92 Å². The normalized spacial score (nSPS) is 36.7. The Labute approximate surface area is 56.6 Å². The summed E-state index contributed by atoms with van der Waals surface area (Å²) >= 11 is 0. The van der Waals surface area contributed by atoms with E-state index in [4.69, 9.17) is 11.5 Å². The van der Waals surface area contributed by atoms with E-state index in [1.54, 1.807) is 0 Å². The third-order valence-corrected chi connectivity index (χ3v) is 2.27. The number of hydrogen-bond donors (Lipinski definition) is 2. The maximum atomic E-state index is 5.81. The van der Waals surface area contributed by atoms with Gasteiger partial charge in [0.1, 0.15) is 0 Å². The molecule has 0 bridgehead atoms. The highest BCUT2D eigenvalue weighted by molar-refractivity contribution is 4.77. The molecule has 1 fully saturated rings. The molecule has 0 aromatic rings. The van der Waals surface area contributed by atoms with Crippen LogP contribution in [-0.4, -0.2) is 12.6 Å². The Morgan fingerprint density at radius 2 is 1.89 bits per heavy atom. The zero-order valence-electron chi connectivity index (χ0n) is 5.84. The van der Waals surface area contributed by atoms with E-state index in [1.165, 1.54) is 25.7 Å². The Morgan fingerprint density at radius 3 is 2.33 bits per heavy atom. The molecule has 0 radical (unpaired) electrons. The molecule has 9 heavy (non-hydrogen) atoms. The highest BCUT2D eigenvalue weighted by Gasteiger charge is 2.19. The van der Waals surface area contributed by atoms with Crippen molar-refractivity contribution in [1.82, 2.24) is 0 Å². The monoisotopic (exact) mass is 128 g/mol. The minimum absolute atomic E-state index is 0.392. The summed E-state index contributed by atoms with van der Waals surface area (Å²) in [5, 5.41) is 0. The first-order valence-corrected chi connectivity index (χ1v) is 3.80. The third-order valence-electron chi connectivity index (χ3n) is 2.27. The van der Waals surface area contributed by atoms with Crippen LogP contribution in [0.25, 0.3) is 0 Å². The summed E-state index contributed by atoms with van der Waals surface area (Å²) in [7, 11) is 0. The Balaban J connectivity index is 2.30. The SMILES string of the molecule is NC[C@H]1CCCC[C@@H]1N. The molecule has 2 heteroatoms. The van der Waals surface area contributed by atoms with Gasteiger partial charge in [0, 0.05) is 6.04 Å². The highest BCUT2D eigenvalue weighted by atomic mass is 14.7. The van der Waals surface area contributed by atoms with Gasteiger partial charge in [-0.1, -0.05) is 12.8 Å². The second kappa shape index (κ2) is 3.18. The van der Waals surface area contributed by atoms with Crippen molar-refractivity contribution in [3.05, 3.63) is 0 Å². The quantitative estimate of drug-likeness (QED) is 0.539. The van der Waals surface area contributed by atoms with Gasteiger partial charge < -0.3 is 11.5 Å². The van der Waals surface area contributed by atoms with Crippen molar-refractivity contribution < 1.29 is 0 Å². The first-order valence-electron chi connectivity index (χ1n) is 3.80. The minimum Gasteiger partial charge on any atom is -0.330 e. The van der Waals surface area contributed by atoms with Crippen LogP contribution in [0.3, 0.4) is 0 Å². The van der Waals surface area contributed by atoms with Gasteiger partial charge in [0.15, 0.2) is 0 Å². The molecule has 2 atom stereocenters. The van der Waals surface area contributed by atoms with E-state index >= 15 is 0 Å². The molecule has 0 amide bonds. The summed E-state index contributed by atoms with van der Waals surface area (Å²) in [6.07, 6.45) is 5.06. The number of nitrogens with two attached hydrogens (primary N) is 2. The van der Waals surface area contributed by atoms with Gasteiger partial charge >= 0.3 is 0 Å². The van der Waals surface area contributed by atoms with Gasteiger partial charge in [-0.15, -0.1) is 0 Å². The summed E-state index contributed by atoms with van der Waals surface area (Å²) in [6, 6.07) is 0.392. The molecular formula is C7H16N2. The maximum Gasteiger partial charge on any atom is 0.00792 e. The summed E-state index contributed by atoms with van der Waals surface area (Å²) in [5.74, 6) is 0.610. The molecule has 0 aromatic carbocycles. The Hall–Kier alpha value is -0.0800. The van der Waals surface area contributed by atoms with Crippen LogP contribution in [0.1, 0.15) is 25.7 Å². The van der Waals surface area contributed by atoms with Gasteiger partial charge in [0.2, 0.25) is 0 Å². The van der Waals surface area contributed by atoms with Crippen molar-refractivity contribution in [3.63, 3.8) is 0 Å². The second-order valence-electron chi connectivity index (χ2n) is 2.94. The maximum absolute atomic E-state index is 5.81. The van der Waals surface area contributed by atoms with Crippen molar-refractivity contribution in [2.45, 2.75) is 31.7 Å². The molecule has 0 aromatic heterocycles. The molecule has 1 rings (SSSR count). The van der Waals surface area contributed by atoms with E-state index in [0.29, 0.717) is 12.0 Å². The van der Waals surface area contributed by atoms with Crippen LogP contribution in [0.4, 0.5) is 0 Å². The Bertz CT molecular complexity index is 83.0. The van der Waals surface area contributed by atoms with Crippen LogP contribution in [0.5, 0.6) is 0 Å². The molecule has 4 N–H and O–H groups in total. The fourth-order valence-electron chi connectivity index (χ4n) is 1.53. The Morgan fingerprint density at radius 1 is 1.22 bits per heavy atom. The van der Waals surface area contributed by atoms with Crippen molar-refractivity contribution in [1.29, 1.82) is 0 Å². The van der Waals surface area contributed by atoms with E-state index in [9.17, 15) is 0 Å². The van der Waals surface area contributed by atoms with E-state index in [-0.39, 0.29) is 0 Å². The molecule has 1 aliphatic carbocycles. The largest absolute Gasteiger partial charge is 0.330 e. The first-order chi connectivity index (χ1) is 4.34. The lowest BCUT2D eigenvalue weighted by Gasteiger charge is -2.26. The fourth-order valence-corrected chi connectivity index (χ4v) is 1.53. The zero-order chi connectivity index (χ0) is 6.69. The molecule has 0 spiro atoms. The van der Waals surface area contributed by atoms with Crippen molar-refractivity contribution in [2.75, 3.05) is 6.54 Å².